The van der Waals surface area contributed by atoms with Crippen molar-refractivity contribution in [3.63, 3.8) is 0 Å². The number of aromatic hydroxyl groups is 1. The van der Waals surface area contributed by atoms with Gasteiger partial charge in [0.05, 0.1) is 23.5 Å². The van der Waals surface area contributed by atoms with E-state index in [0.29, 0.717) is 15.8 Å². The Morgan fingerprint density at radius 2 is 2.00 bits per heavy atom. The molecule has 1 aromatic carbocycles. The van der Waals surface area contributed by atoms with E-state index in [1.165, 1.54) is 0 Å². The summed E-state index contributed by atoms with van der Waals surface area (Å²) in [6.07, 6.45) is 1.77. The van der Waals surface area contributed by atoms with Crippen LogP contribution in [0.25, 0.3) is 0 Å². The molecule has 1 aliphatic heterocycles. The summed E-state index contributed by atoms with van der Waals surface area (Å²) in [6.45, 7) is 4.10. The highest BCUT2D eigenvalue weighted by atomic mass is 127. The number of aryl methyl sites for hydroxylation is 2. The number of H-pyrrole nitrogens is 1. The van der Waals surface area contributed by atoms with Crippen molar-refractivity contribution in [2.24, 2.45) is 0 Å². The quantitative estimate of drug-likeness (QED) is 0.326. The van der Waals surface area contributed by atoms with E-state index < -0.39 is 0 Å². The van der Waals surface area contributed by atoms with Crippen molar-refractivity contribution in [1.82, 2.24) is 15.3 Å². The number of anilines is 1. The van der Waals surface area contributed by atoms with Crippen LogP contribution < -0.4 is 10.2 Å². The minimum absolute atomic E-state index is 0.125. The lowest BCUT2D eigenvalue weighted by atomic mass is 9.96. The summed E-state index contributed by atoms with van der Waals surface area (Å²) in [7, 11) is 0. The Hall–Kier alpha value is -1.84. The molecule has 5 nitrogen and oxygen atoms in total. The number of hydrogen-bond donors (Lipinski definition) is 3. The van der Waals surface area contributed by atoms with Gasteiger partial charge in [0.1, 0.15) is 5.75 Å². The van der Waals surface area contributed by atoms with Crippen molar-refractivity contribution < 1.29 is 5.11 Å². The number of pyridine rings is 1. The second-order valence-corrected chi connectivity index (χ2v) is 8.63. The lowest BCUT2D eigenvalue weighted by molar-refractivity contribution is 0.472. The standard InChI is InChI=1S/C20H18ClIN4OS/c1-10-16(17(22)11(2)24-10)19-18(13-5-3-4-8-23-13)25-20(28)26(19)14-9-12(21)6-7-15(14)27/h3-9,18-19,24,27H,1-2H3,(H,25,28)/t18-,19+/m0/s1. The first kappa shape index (κ1) is 19.5. The molecule has 3 N–H and O–H groups in total. The molecule has 3 heterocycles. The van der Waals surface area contributed by atoms with Crippen LogP contribution in [0.15, 0.2) is 42.6 Å². The van der Waals surface area contributed by atoms with Gasteiger partial charge >= 0.3 is 0 Å². The van der Waals surface area contributed by atoms with E-state index in [2.05, 4.69) is 51.7 Å². The summed E-state index contributed by atoms with van der Waals surface area (Å²) in [5.74, 6) is 0.125. The normalized spacial score (nSPS) is 19.1. The van der Waals surface area contributed by atoms with Crippen LogP contribution in [0.3, 0.4) is 0 Å². The van der Waals surface area contributed by atoms with Crippen LogP contribution in [-0.4, -0.2) is 20.2 Å². The maximum atomic E-state index is 10.6. The molecule has 0 amide bonds. The van der Waals surface area contributed by atoms with Gasteiger partial charge in [0.2, 0.25) is 0 Å². The Labute approximate surface area is 187 Å². The highest BCUT2D eigenvalue weighted by Crippen LogP contribution is 2.47. The third-order valence-corrected chi connectivity index (χ3v) is 6.88. The van der Waals surface area contributed by atoms with E-state index >= 15 is 0 Å². The predicted molar refractivity (Wildman–Crippen MR) is 124 cm³/mol. The summed E-state index contributed by atoms with van der Waals surface area (Å²) in [5.41, 5.74) is 4.74. The second kappa shape index (κ2) is 7.53. The number of hydrogen-bond acceptors (Lipinski definition) is 3. The zero-order valence-electron chi connectivity index (χ0n) is 15.2. The number of halogens is 2. The Kier molecular flexibility index (Phi) is 5.24. The van der Waals surface area contributed by atoms with Crippen molar-refractivity contribution in [1.29, 1.82) is 0 Å². The van der Waals surface area contributed by atoms with Gasteiger partial charge in [-0.05, 0) is 79.0 Å². The molecule has 3 aromatic rings. The lowest BCUT2D eigenvalue weighted by Gasteiger charge is -2.29. The van der Waals surface area contributed by atoms with Gasteiger partial charge in [-0.2, -0.15) is 0 Å². The largest absolute Gasteiger partial charge is 0.506 e. The van der Waals surface area contributed by atoms with Crippen LogP contribution >= 0.6 is 46.4 Å². The smallest absolute Gasteiger partial charge is 0.174 e. The Morgan fingerprint density at radius 3 is 2.64 bits per heavy atom. The van der Waals surface area contributed by atoms with Crippen molar-refractivity contribution in [3.8, 4) is 5.75 Å². The minimum atomic E-state index is -0.191. The van der Waals surface area contributed by atoms with Crippen molar-refractivity contribution in [3.05, 3.63) is 73.8 Å². The molecule has 0 bridgehead atoms. The number of thiocarbonyl (C=S) groups is 1. The highest BCUT2D eigenvalue weighted by molar-refractivity contribution is 14.1. The van der Waals surface area contributed by atoms with Crippen LogP contribution in [0, 0.1) is 17.4 Å². The molecular weight excluding hydrogens is 507 g/mol. The molecular formula is C20H18ClIN4OS. The van der Waals surface area contributed by atoms with Gasteiger partial charge in [0, 0.05) is 31.7 Å². The molecule has 0 spiro atoms. The number of phenolic OH excluding ortho intramolecular Hbond substituents is 1. The van der Waals surface area contributed by atoms with Crippen molar-refractivity contribution >= 4 is 57.2 Å². The fourth-order valence-electron chi connectivity index (χ4n) is 3.72. The number of benzene rings is 1. The van der Waals surface area contributed by atoms with Gasteiger partial charge in [-0.15, -0.1) is 0 Å². The fourth-order valence-corrected chi connectivity index (χ4v) is 5.08. The van der Waals surface area contributed by atoms with E-state index in [4.69, 9.17) is 23.8 Å². The SMILES string of the molecule is Cc1[nH]c(C)c([C@@H]2[C@H](c3ccccn3)NC(=S)N2c2cc(Cl)ccc2O)c1I. The number of aromatic amines is 1. The van der Waals surface area contributed by atoms with Gasteiger partial charge < -0.3 is 20.3 Å². The van der Waals surface area contributed by atoms with Gasteiger partial charge in [-0.3, -0.25) is 4.98 Å². The average molecular weight is 525 g/mol. The predicted octanol–water partition coefficient (Wildman–Crippen LogP) is 5.17. The van der Waals surface area contributed by atoms with E-state index in [9.17, 15) is 5.11 Å². The summed E-state index contributed by atoms with van der Waals surface area (Å²) < 4.78 is 1.14. The van der Waals surface area contributed by atoms with Crippen molar-refractivity contribution in [2.75, 3.05) is 4.90 Å². The monoisotopic (exact) mass is 524 g/mol. The number of aromatic nitrogens is 2. The molecule has 144 valence electrons. The lowest BCUT2D eigenvalue weighted by Crippen LogP contribution is -2.30. The molecule has 28 heavy (non-hydrogen) atoms. The van der Waals surface area contributed by atoms with Crippen LogP contribution in [-0.2, 0) is 0 Å². The molecule has 1 saturated heterocycles. The maximum Gasteiger partial charge on any atom is 0.174 e. The third kappa shape index (κ3) is 3.25. The zero-order chi connectivity index (χ0) is 20.0. The average Bonchev–Trinajstić information content (AvgIpc) is 3.13. The second-order valence-electron chi connectivity index (χ2n) is 6.73. The summed E-state index contributed by atoms with van der Waals surface area (Å²) in [5, 5.41) is 15.0. The zero-order valence-corrected chi connectivity index (χ0v) is 18.9. The van der Waals surface area contributed by atoms with E-state index in [-0.39, 0.29) is 17.8 Å². The van der Waals surface area contributed by atoms with Crippen molar-refractivity contribution in [2.45, 2.75) is 25.9 Å². The molecule has 0 radical (unpaired) electrons. The molecule has 8 heteroatoms. The van der Waals surface area contributed by atoms with Gasteiger partial charge in [0.25, 0.3) is 0 Å². The number of nitrogens with zero attached hydrogens (tertiary/aromatic N) is 2. The number of nitrogens with one attached hydrogen (secondary N) is 2. The molecule has 0 unspecified atom stereocenters. The summed E-state index contributed by atoms with van der Waals surface area (Å²) in [6, 6.07) is 10.5. The molecule has 2 aromatic heterocycles. The molecule has 0 aliphatic carbocycles. The summed E-state index contributed by atoms with van der Waals surface area (Å²) in [4.78, 5) is 9.92. The molecule has 4 rings (SSSR count). The number of rotatable bonds is 3. The fraction of sp³-hybridized carbons (Fsp3) is 0.200. The van der Waals surface area contributed by atoms with E-state index in [0.717, 1.165) is 26.2 Å². The molecule has 1 fully saturated rings. The van der Waals surface area contributed by atoms with Gasteiger partial charge in [-0.1, -0.05) is 17.7 Å². The van der Waals surface area contributed by atoms with Crippen LogP contribution in [0.5, 0.6) is 5.75 Å². The first-order valence-corrected chi connectivity index (χ1v) is 10.6. The first-order valence-electron chi connectivity index (χ1n) is 8.72. The minimum Gasteiger partial charge on any atom is -0.506 e. The maximum absolute atomic E-state index is 10.6. The Bertz CT molecular complexity index is 1060. The van der Waals surface area contributed by atoms with Gasteiger partial charge in [0.15, 0.2) is 5.11 Å². The number of phenols is 1. The van der Waals surface area contributed by atoms with Crippen LogP contribution in [0.1, 0.15) is 34.7 Å². The Balaban J connectivity index is 1.94. The molecule has 1 aliphatic rings. The Morgan fingerprint density at radius 1 is 1.21 bits per heavy atom. The third-order valence-electron chi connectivity index (χ3n) is 4.94. The van der Waals surface area contributed by atoms with Gasteiger partial charge in [-0.25, -0.2) is 0 Å². The highest BCUT2D eigenvalue weighted by Gasteiger charge is 2.43. The first-order chi connectivity index (χ1) is 13.4. The van der Waals surface area contributed by atoms with Crippen LogP contribution in [0.2, 0.25) is 5.02 Å². The van der Waals surface area contributed by atoms with Crippen LogP contribution in [0.4, 0.5) is 5.69 Å². The van der Waals surface area contributed by atoms with E-state index in [1.54, 1.807) is 24.4 Å². The van der Waals surface area contributed by atoms with E-state index in [1.807, 2.05) is 23.1 Å². The molecule has 0 saturated carbocycles. The summed E-state index contributed by atoms with van der Waals surface area (Å²) >= 11 is 14.3. The molecule has 2 atom stereocenters. The topological polar surface area (TPSA) is 64.2 Å².